The van der Waals surface area contributed by atoms with Crippen molar-refractivity contribution < 1.29 is 33.4 Å². The highest BCUT2D eigenvalue weighted by molar-refractivity contribution is 6.60. The summed E-state index contributed by atoms with van der Waals surface area (Å²) in [6, 6.07) is 10.2. The Morgan fingerprint density at radius 1 is 1.04 bits per heavy atom. The number of halogens is 1. The Kier molecular flexibility index (Phi) is 11.2. The molecule has 9 nitrogen and oxygen atoms in total. The van der Waals surface area contributed by atoms with Crippen molar-refractivity contribution in [2.24, 2.45) is 0 Å². The van der Waals surface area contributed by atoms with E-state index < -0.39 is 27.4 Å². The Bertz CT molecular complexity index is 1490. The molecule has 248 valence electrons. The van der Waals surface area contributed by atoms with E-state index >= 15 is 4.39 Å². The molecule has 1 unspecified atom stereocenters. The van der Waals surface area contributed by atoms with Crippen LogP contribution in [0, 0.1) is 5.82 Å². The summed E-state index contributed by atoms with van der Waals surface area (Å²) in [5.74, 6) is -0.796. The molecule has 0 aliphatic carbocycles. The van der Waals surface area contributed by atoms with E-state index in [-0.39, 0.29) is 29.2 Å². The van der Waals surface area contributed by atoms with Gasteiger partial charge in [-0.15, -0.1) is 0 Å². The fourth-order valence-electron chi connectivity index (χ4n) is 6.94. The third-order valence-electron chi connectivity index (χ3n) is 10.1. The van der Waals surface area contributed by atoms with E-state index in [1.165, 1.54) is 11.9 Å². The van der Waals surface area contributed by atoms with Gasteiger partial charge in [0.05, 0.1) is 11.2 Å². The highest BCUT2D eigenvalue weighted by Gasteiger charge is 2.61. The highest BCUT2D eigenvalue weighted by atomic mass is 19.1. The molecule has 2 N–H and O–H groups in total. The first-order valence-corrected chi connectivity index (χ1v) is 16.1. The van der Waals surface area contributed by atoms with Crippen LogP contribution in [0.3, 0.4) is 0 Å². The van der Waals surface area contributed by atoms with Crippen molar-refractivity contribution in [2.45, 2.75) is 73.5 Å². The number of hydrogen-bond donors (Lipinski definition) is 2. The quantitative estimate of drug-likeness (QED) is 0.138. The maximum absolute atomic E-state index is 16.0. The Morgan fingerprint density at radius 2 is 1.60 bits per heavy atom. The van der Waals surface area contributed by atoms with Crippen molar-refractivity contribution in [2.75, 3.05) is 27.2 Å². The molecule has 1 saturated heterocycles. The van der Waals surface area contributed by atoms with Crippen LogP contribution in [0.5, 0.6) is 5.75 Å². The van der Waals surface area contributed by atoms with Crippen molar-refractivity contribution >= 4 is 65.6 Å². The van der Waals surface area contributed by atoms with Crippen LogP contribution in [-0.2, 0) is 32.8 Å². The van der Waals surface area contributed by atoms with Crippen LogP contribution in [-0.4, -0.2) is 125 Å². The van der Waals surface area contributed by atoms with Gasteiger partial charge in [-0.3, -0.25) is 19.4 Å². The molecule has 2 aromatic carbocycles. The van der Waals surface area contributed by atoms with Gasteiger partial charge in [-0.1, -0.05) is 30.3 Å². The lowest BCUT2D eigenvalue weighted by molar-refractivity contribution is -0.182. The molecule has 2 aromatic rings. The number of likely N-dealkylation sites (N-methyl/N-ethyl adjacent to an activating group) is 2. The number of aliphatic hydroxyl groups is 1. The minimum atomic E-state index is -2.23. The zero-order valence-electron chi connectivity index (χ0n) is 30.2. The van der Waals surface area contributed by atoms with Crippen LogP contribution in [0.2, 0.25) is 10.4 Å². The average Bonchev–Trinajstić information content (AvgIpc) is 2.98. The summed E-state index contributed by atoms with van der Waals surface area (Å²) in [4.78, 5) is 41.8. The minimum absolute atomic E-state index is 0.127. The normalized spacial score (nSPS) is 18.2. The first kappa shape index (κ1) is 38.7. The molecule has 0 spiro atoms. The van der Waals surface area contributed by atoms with E-state index in [0.717, 1.165) is 6.29 Å². The zero-order valence-corrected chi connectivity index (χ0v) is 30.2. The van der Waals surface area contributed by atoms with E-state index in [1.54, 1.807) is 90.5 Å². The molecule has 1 fully saturated rings. The van der Waals surface area contributed by atoms with Gasteiger partial charge in [0.15, 0.2) is 5.72 Å². The maximum Gasteiger partial charge on any atom is 0.266 e. The summed E-state index contributed by atoms with van der Waals surface area (Å²) in [5.41, 5.74) is -1.42. The smallest absolute Gasteiger partial charge is 0.266 e. The monoisotopic (exact) mass is 643 g/mol. The molecule has 3 rings (SSSR count). The van der Waals surface area contributed by atoms with Crippen molar-refractivity contribution in [3.05, 3.63) is 64.5 Å². The lowest BCUT2D eigenvalue weighted by Crippen LogP contribution is -2.72. The number of aldehydes is 2. The number of morpholine rings is 1. The van der Waals surface area contributed by atoms with Crippen LogP contribution < -0.4 is 10.1 Å². The molecule has 1 amide bonds. The van der Waals surface area contributed by atoms with Crippen LogP contribution in [0.25, 0.3) is 0 Å². The van der Waals surface area contributed by atoms with Gasteiger partial charge < -0.3 is 24.7 Å². The average molecular weight is 643 g/mol. The standard InChI is InChI=1S/C31H48B6FN3O6/c1-26(2)16-41(17-27(3,4)47-26)13-19-9-7-11-21(24(19)38)15-46-22-12-8-10-20(14-42)23(22)30(34,35)40(6)29(45,25(44)39-5)31(36,37)28(32,33)18-43/h7-12,14,18,45H,13,15-17,32-37H2,1-6H3,(H,39,44). The fraction of sp³-hybridized carbons (Fsp3) is 0.516. The number of ether oxygens (including phenoxy) is 2. The van der Waals surface area contributed by atoms with Gasteiger partial charge in [-0.25, -0.2) is 4.39 Å². The van der Waals surface area contributed by atoms with Crippen molar-refractivity contribution in [1.29, 1.82) is 0 Å². The van der Waals surface area contributed by atoms with E-state index in [2.05, 4.69) is 10.2 Å². The summed E-state index contributed by atoms with van der Waals surface area (Å²) in [5, 5.41) is 11.2. The van der Waals surface area contributed by atoms with Crippen LogP contribution in [0.4, 0.5) is 4.39 Å². The van der Waals surface area contributed by atoms with Gasteiger partial charge >= 0.3 is 0 Å². The highest BCUT2D eigenvalue weighted by Crippen LogP contribution is 2.52. The summed E-state index contributed by atoms with van der Waals surface area (Å²) in [6.07, 6.45) is 1.41. The lowest BCUT2D eigenvalue weighted by atomic mass is 9.27. The second-order valence-electron chi connectivity index (χ2n) is 15.6. The van der Waals surface area contributed by atoms with Crippen molar-refractivity contribution in [3.63, 3.8) is 0 Å². The number of nitrogens with one attached hydrogen (secondary N) is 1. The third-order valence-corrected chi connectivity index (χ3v) is 10.1. The molecule has 16 heteroatoms. The van der Waals surface area contributed by atoms with Gasteiger partial charge in [-0.05, 0) is 56.6 Å². The minimum Gasteiger partial charge on any atom is -0.488 e. The predicted octanol–water partition coefficient (Wildman–Crippen LogP) is -2.69. The number of nitrogens with zero attached hydrogens (tertiary/aromatic N) is 2. The number of amides is 1. The van der Waals surface area contributed by atoms with Crippen molar-refractivity contribution in [3.8, 4) is 5.75 Å². The number of carbonyl (C=O) groups excluding carboxylic acids is 3. The van der Waals surface area contributed by atoms with Crippen molar-refractivity contribution in [1.82, 2.24) is 15.1 Å². The molecule has 0 aromatic heterocycles. The topological polar surface area (TPSA) is 108 Å². The fourth-order valence-corrected chi connectivity index (χ4v) is 6.94. The third kappa shape index (κ3) is 7.46. The molecule has 47 heavy (non-hydrogen) atoms. The molecular weight excluding hydrogens is 594 g/mol. The Hall–Kier alpha value is -2.79. The summed E-state index contributed by atoms with van der Waals surface area (Å²) < 4.78 is 28.4. The van der Waals surface area contributed by atoms with E-state index in [0.29, 0.717) is 48.4 Å². The molecule has 1 heterocycles. The number of benzene rings is 2. The molecule has 1 atom stereocenters. The Morgan fingerprint density at radius 3 is 2.13 bits per heavy atom. The number of carbonyl (C=O) groups is 3. The van der Waals surface area contributed by atoms with Gasteiger partial charge in [0.25, 0.3) is 5.91 Å². The summed E-state index contributed by atoms with van der Waals surface area (Å²) in [6.45, 7) is 9.73. The van der Waals surface area contributed by atoms with Gasteiger partial charge in [-0.2, -0.15) is 0 Å². The number of rotatable bonds is 13. The molecular formula is C31H48B6FN3O6. The molecule has 1 aliphatic rings. The molecule has 1 aliphatic heterocycles. The lowest BCUT2D eigenvalue weighted by Gasteiger charge is -2.57. The van der Waals surface area contributed by atoms with E-state index in [1.807, 2.05) is 27.7 Å². The van der Waals surface area contributed by atoms with Crippen LogP contribution >= 0.6 is 0 Å². The maximum atomic E-state index is 16.0. The number of hydrogen-bond acceptors (Lipinski definition) is 8. The van der Waals surface area contributed by atoms with E-state index in [4.69, 9.17) is 9.47 Å². The molecule has 0 radical (unpaired) electrons. The van der Waals surface area contributed by atoms with Crippen LogP contribution in [0.15, 0.2) is 36.4 Å². The Balaban J connectivity index is 2.02. The first-order valence-electron chi connectivity index (χ1n) is 16.1. The second kappa shape index (κ2) is 13.6. The largest absolute Gasteiger partial charge is 0.488 e. The molecule has 0 bridgehead atoms. The summed E-state index contributed by atoms with van der Waals surface area (Å²) >= 11 is 0. The SMILES string of the molecule is BC(B)(c1c(C=O)cccc1OCc1cccc(CN2CC(C)(C)OC(C)(C)C2)c1F)N(C)C(O)(C(=O)NC)C(B)(B)C(B)(B)C=O. The molecule has 0 saturated carbocycles. The predicted molar refractivity (Wildman–Crippen MR) is 198 cm³/mol. The van der Waals surface area contributed by atoms with Gasteiger partial charge in [0.2, 0.25) is 0 Å². The van der Waals surface area contributed by atoms with E-state index in [9.17, 15) is 19.5 Å². The second-order valence-corrected chi connectivity index (χ2v) is 15.6. The Labute approximate surface area is 284 Å². The van der Waals surface area contributed by atoms with Crippen LogP contribution in [0.1, 0.15) is 54.7 Å². The van der Waals surface area contributed by atoms with Gasteiger partial charge in [0.1, 0.15) is 77.8 Å². The zero-order chi connectivity index (χ0) is 35.8. The summed E-state index contributed by atoms with van der Waals surface area (Å²) in [7, 11) is 13.1. The van der Waals surface area contributed by atoms with Gasteiger partial charge in [0, 0.05) is 48.9 Å². The first-order chi connectivity index (χ1) is 21.5.